The number of rotatable bonds is 5. The number of benzene rings is 2. The first-order valence-electron chi connectivity index (χ1n) is 9.16. The van der Waals surface area contributed by atoms with E-state index < -0.39 is 6.04 Å². The highest BCUT2D eigenvalue weighted by molar-refractivity contribution is 6.32. The third-order valence-corrected chi connectivity index (χ3v) is 5.15. The average Bonchev–Trinajstić information content (AvgIpc) is 3.17. The fourth-order valence-corrected chi connectivity index (χ4v) is 3.58. The molecule has 3 aromatic rings. The molecule has 0 saturated heterocycles. The van der Waals surface area contributed by atoms with Crippen LogP contribution in [-0.2, 0) is 9.59 Å². The van der Waals surface area contributed by atoms with Crippen molar-refractivity contribution < 1.29 is 19.1 Å². The first-order valence-corrected chi connectivity index (χ1v) is 9.54. The van der Waals surface area contributed by atoms with Crippen molar-refractivity contribution in [2.24, 2.45) is 0 Å². The summed E-state index contributed by atoms with van der Waals surface area (Å²) in [5, 5.41) is 10.4. The SMILES string of the molecule is COc1ccc(-c2cnn3c2NC(=O)C[C@@H]3C(=O)Nc2ccc(OC)c(Cl)c2)cc1. The number of amides is 2. The smallest absolute Gasteiger partial charge is 0.249 e. The Kier molecular flexibility index (Phi) is 5.33. The van der Waals surface area contributed by atoms with Crippen molar-refractivity contribution in [1.82, 2.24) is 9.78 Å². The Morgan fingerprint density at radius 3 is 2.63 bits per heavy atom. The van der Waals surface area contributed by atoms with Gasteiger partial charge in [-0.05, 0) is 35.9 Å². The van der Waals surface area contributed by atoms with Crippen molar-refractivity contribution in [2.45, 2.75) is 12.5 Å². The second-order valence-corrected chi connectivity index (χ2v) is 7.09. The Balaban J connectivity index is 1.62. The van der Waals surface area contributed by atoms with Gasteiger partial charge in [0.05, 0.1) is 31.9 Å². The van der Waals surface area contributed by atoms with Gasteiger partial charge in [0.15, 0.2) is 0 Å². The van der Waals surface area contributed by atoms with E-state index in [2.05, 4.69) is 15.7 Å². The second kappa shape index (κ2) is 8.08. The average molecular weight is 427 g/mol. The number of hydrogen-bond acceptors (Lipinski definition) is 5. The van der Waals surface area contributed by atoms with E-state index in [1.54, 1.807) is 31.5 Å². The zero-order chi connectivity index (χ0) is 21.3. The predicted octanol–water partition coefficient (Wildman–Crippen LogP) is 3.74. The molecular weight excluding hydrogens is 408 g/mol. The predicted molar refractivity (Wildman–Crippen MR) is 113 cm³/mol. The standard InChI is InChI=1S/C21H19ClN4O4/c1-29-14-6-3-12(4-7-14)15-11-23-26-17(10-19(27)25-20(15)26)21(28)24-13-5-8-18(30-2)16(22)9-13/h3-9,11,17H,10H2,1-2H3,(H,24,28)(H,25,27)/t17-/m1/s1. The van der Waals surface area contributed by atoms with Gasteiger partial charge >= 0.3 is 0 Å². The van der Waals surface area contributed by atoms with Crippen molar-refractivity contribution in [3.63, 3.8) is 0 Å². The Morgan fingerprint density at radius 1 is 1.20 bits per heavy atom. The Morgan fingerprint density at radius 2 is 1.97 bits per heavy atom. The molecule has 2 N–H and O–H groups in total. The van der Waals surface area contributed by atoms with Crippen molar-refractivity contribution >= 4 is 34.9 Å². The van der Waals surface area contributed by atoms with E-state index in [4.69, 9.17) is 21.1 Å². The summed E-state index contributed by atoms with van der Waals surface area (Å²) in [7, 11) is 3.11. The molecule has 0 bridgehead atoms. The van der Waals surface area contributed by atoms with Gasteiger partial charge in [0.2, 0.25) is 11.8 Å². The molecule has 0 saturated carbocycles. The molecule has 0 radical (unpaired) electrons. The molecule has 2 aromatic carbocycles. The van der Waals surface area contributed by atoms with Gasteiger partial charge in [0.25, 0.3) is 0 Å². The number of carbonyl (C=O) groups excluding carboxylic acids is 2. The monoisotopic (exact) mass is 426 g/mol. The van der Waals surface area contributed by atoms with Crippen LogP contribution >= 0.6 is 11.6 Å². The van der Waals surface area contributed by atoms with Crippen LogP contribution in [0.5, 0.6) is 11.5 Å². The lowest BCUT2D eigenvalue weighted by Gasteiger charge is -2.24. The number of hydrogen-bond donors (Lipinski definition) is 2. The summed E-state index contributed by atoms with van der Waals surface area (Å²) in [5.41, 5.74) is 2.07. The van der Waals surface area contributed by atoms with E-state index in [1.165, 1.54) is 11.8 Å². The second-order valence-electron chi connectivity index (χ2n) is 6.69. The molecule has 1 aromatic heterocycles. The van der Waals surface area contributed by atoms with Crippen LogP contribution in [0.15, 0.2) is 48.7 Å². The molecule has 30 heavy (non-hydrogen) atoms. The van der Waals surface area contributed by atoms with Gasteiger partial charge in [-0.2, -0.15) is 5.10 Å². The van der Waals surface area contributed by atoms with Crippen molar-refractivity contribution in [3.8, 4) is 22.6 Å². The molecule has 1 aliphatic rings. The molecule has 2 amide bonds. The summed E-state index contributed by atoms with van der Waals surface area (Å²) in [6.45, 7) is 0. The van der Waals surface area contributed by atoms with E-state index in [-0.39, 0.29) is 18.2 Å². The molecule has 0 spiro atoms. The minimum atomic E-state index is -0.790. The molecule has 0 aliphatic carbocycles. The molecule has 154 valence electrons. The van der Waals surface area contributed by atoms with E-state index in [0.717, 1.165) is 16.9 Å². The molecule has 1 aliphatic heterocycles. The molecule has 0 fully saturated rings. The normalized spacial score (nSPS) is 15.2. The van der Waals surface area contributed by atoms with Crippen LogP contribution in [0.1, 0.15) is 12.5 Å². The number of anilines is 2. The maximum absolute atomic E-state index is 12.9. The van der Waals surface area contributed by atoms with Crippen LogP contribution in [0, 0.1) is 0 Å². The first kappa shape index (κ1) is 19.8. The van der Waals surface area contributed by atoms with Crippen molar-refractivity contribution in [1.29, 1.82) is 0 Å². The lowest BCUT2D eigenvalue weighted by molar-refractivity contribution is -0.125. The lowest BCUT2D eigenvalue weighted by Crippen LogP contribution is -2.35. The van der Waals surface area contributed by atoms with Crippen LogP contribution in [0.2, 0.25) is 5.02 Å². The Bertz CT molecular complexity index is 1110. The fourth-order valence-electron chi connectivity index (χ4n) is 3.32. The van der Waals surface area contributed by atoms with Crippen LogP contribution in [0.25, 0.3) is 11.1 Å². The van der Waals surface area contributed by atoms with E-state index in [0.29, 0.717) is 22.3 Å². The van der Waals surface area contributed by atoms with Crippen molar-refractivity contribution in [3.05, 3.63) is 53.7 Å². The fraction of sp³-hybridized carbons (Fsp3) is 0.190. The largest absolute Gasteiger partial charge is 0.497 e. The van der Waals surface area contributed by atoms with Crippen LogP contribution in [0.4, 0.5) is 11.5 Å². The summed E-state index contributed by atoms with van der Waals surface area (Å²) in [5.74, 6) is 1.08. The number of nitrogens with one attached hydrogen (secondary N) is 2. The zero-order valence-electron chi connectivity index (χ0n) is 16.3. The molecule has 1 atom stereocenters. The van der Waals surface area contributed by atoms with E-state index >= 15 is 0 Å². The molecule has 2 heterocycles. The highest BCUT2D eigenvalue weighted by Gasteiger charge is 2.33. The first-order chi connectivity index (χ1) is 14.5. The van der Waals surface area contributed by atoms with Crippen LogP contribution < -0.4 is 20.1 Å². The quantitative estimate of drug-likeness (QED) is 0.648. The summed E-state index contributed by atoms with van der Waals surface area (Å²) < 4.78 is 11.8. The molecular formula is C21H19ClN4O4. The van der Waals surface area contributed by atoms with Gasteiger partial charge < -0.3 is 20.1 Å². The van der Waals surface area contributed by atoms with Gasteiger partial charge in [-0.1, -0.05) is 23.7 Å². The van der Waals surface area contributed by atoms with Crippen molar-refractivity contribution in [2.75, 3.05) is 24.9 Å². The third kappa shape index (κ3) is 3.69. The van der Waals surface area contributed by atoms with Gasteiger partial charge in [-0.3, -0.25) is 9.59 Å². The Labute approximate surface area is 177 Å². The summed E-state index contributed by atoms with van der Waals surface area (Å²) in [4.78, 5) is 25.3. The number of nitrogens with zero attached hydrogens (tertiary/aromatic N) is 2. The maximum atomic E-state index is 12.9. The van der Waals surface area contributed by atoms with E-state index in [1.807, 2.05) is 24.3 Å². The lowest BCUT2D eigenvalue weighted by atomic mass is 10.1. The third-order valence-electron chi connectivity index (χ3n) is 4.85. The van der Waals surface area contributed by atoms with Gasteiger partial charge in [-0.25, -0.2) is 4.68 Å². The van der Waals surface area contributed by atoms with Gasteiger partial charge in [-0.15, -0.1) is 0 Å². The Hall–Kier alpha value is -3.52. The molecule has 9 heteroatoms. The minimum Gasteiger partial charge on any atom is -0.497 e. The topological polar surface area (TPSA) is 94.5 Å². The molecule has 0 unspecified atom stereocenters. The highest BCUT2D eigenvalue weighted by atomic mass is 35.5. The molecule has 4 rings (SSSR count). The number of halogens is 1. The van der Waals surface area contributed by atoms with Crippen LogP contribution in [0.3, 0.4) is 0 Å². The van der Waals surface area contributed by atoms with E-state index in [9.17, 15) is 9.59 Å². The summed E-state index contributed by atoms with van der Waals surface area (Å²) in [6.07, 6.45) is 1.61. The number of aromatic nitrogens is 2. The molecule has 8 nitrogen and oxygen atoms in total. The number of carbonyl (C=O) groups is 2. The summed E-state index contributed by atoms with van der Waals surface area (Å²) >= 11 is 6.13. The zero-order valence-corrected chi connectivity index (χ0v) is 17.1. The van der Waals surface area contributed by atoms with Gasteiger partial charge in [0, 0.05) is 11.3 Å². The minimum absolute atomic E-state index is 0.0214. The number of ether oxygens (including phenoxy) is 2. The number of methoxy groups -OCH3 is 2. The van der Waals surface area contributed by atoms with Gasteiger partial charge in [0.1, 0.15) is 23.4 Å². The summed E-state index contributed by atoms with van der Waals surface area (Å²) in [6, 6.07) is 11.5. The number of fused-ring (bicyclic) bond motifs is 1. The maximum Gasteiger partial charge on any atom is 0.249 e. The van der Waals surface area contributed by atoms with Crippen LogP contribution in [-0.4, -0.2) is 35.8 Å². The highest BCUT2D eigenvalue weighted by Crippen LogP contribution is 2.35.